The Morgan fingerprint density at radius 3 is 2.59 bits per heavy atom. The maximum atomic E-state index is 5.96. The fourth-order valence-corrected chi connectivity index (χ4v) is 2.25. The average Bonchev–Trinajstić information content (AvgIpc) is 2.75. The molecule has 3 N–H and O–H groups in total. The van der Waals surface area contributed by atoms with E-state index in [9.17, 15) is 0 Å². The Morgan fingerprint density at radius 2 is 2.06 bits per heavy atom. The van der Waals surface area contributed by atoms with Gasteiger partial charge in [-0.15, -0.1) is 5.10 Å². The van der Waals surface area contributed by atoms with Gasteiger partial charge < -0.3 is 5.73 Å². The summed E-state index contributed by atoms with van der Waals surface area (Å²) in [4.78, 5) is 5.37. The van der Waals surface area contributed by atoms with Gasteiger partial charge >= 0.3 is 0 Å². The molecule has 90 valence electrons. The molecule has 0 bridgehead atoms. The van der Waals surface area contributed by atoms with Crippen molar-refractivity contribution in [2.75, 3.05) is 0 Å². The van der Waals surface area contributed by atoms with Crippen molar-refractivity contribution in [1.82, 2.24) is 15.2 Å². The molecule has 2 rings (SSSR count). The second kappa shape index (κ2) is 5.33. The molecule has 1 heterocycles. The molecule has 0 amide bonds. The maximum Gasteiger partial charge on any atom is 0.213 e. The highest BCUT2D eigenvalue weighted by Gasteiger charge is 2.05. The van der Waals surface area contributed by atoms with Gasteiger partial charge in [0, 0.05) is 10.9 Å². The first-order chi connectivity index (χ1) is 8.19. The predicted octanol–water partition coefficient (Wildman–Crippen LogP) is 2.67. The van der Waals surface area contributed by atoms with Gasteiger partial charge in [0.05, 0.1) is 0 Å². The average molecular weight is 248 g/mol. The third kappa shape index (κ3) is 3.08. The summed E-state index contributed by atoms with van der Waals surface area (Å²) in [6.45, 7) is 3.98. The minimum atomic E-state index is 0.125. The summed E-state index contributed by atoms with van der Waals surface area (Å²) in [5.41, 5.74) is 7.13. The maximum absolute atomic E-state index is 5.96. The molecular formula is C12H16N4S. The highest BCUT2D eigenvalue weighted by molar-refractivity contribution is 7.99. The van der Waals surface area contributed by atoms with Crippen LogP contribution in [0.1, 0.15) is 30.8 Å². The molecular weight excluding hydrogens is 232 g/mol. The number of aryl methyl sites for hydroxylation is 1. The van der Waals surface area contributed by atoms with E-state index in [-0.39, 0.29) is 6.04 Å². The first-order valence-electron chi connectivity index (χ1n) is 5.61. The highest BCUT2D eigenvalue weighted by Crippen LogP contribution is 2.25. The van der Waals surface area contributed by atoms with Crippen LogP contribution in [0.4, 0.5) is 0 Å². The summed E-state index contributed by atoms with van der Waals surface area (Å²) in [5.74, 6) is 0.831. The lowest BCUT2D eigenvalue weighted by Crippen LogP contribution is -2.07. The van der Waals surface area contributed by atoms with Gasteiger partial charge in [0.25, 0.3) is 0 Å². The lowest BCUT2D eigenvalue weighted by atomic mass is 10.1. The van der Waals surface area contributed by atoms with Crippen molar-refractivity contribution in [3.8, 4) is 0 Å². The monoisotopic (exact) mass is 248 g/mol. The molecule has 1 aromatic heterocycles. The second-order valence-electron chi connectivity index (χ2n) is 3.89. The Hall–Kier alpha value is -1.33. The predicted molar refractivity (Wildman–Crippen MR) is 68.9 cm³/mol. The quantitative estimate of drug-likeness (QED) is 0.873. The molecule has 4 nitrogen and oxygen atoms in total. The van der Waals surface area contributed by atoms with Crippen LogP contribution in [-0.2, 0) is 0 Å². The zero-order valence-electron chi connectivity index (χ0n) is 9.97. The van der Waals surface area contributed by atoms with Crippen molar-refractivity contribution in [2.45, 2.75) is 36.4 Å². The zero-order valence-corrected chi connectivity index (χ0v) is 10.8. The lowest BCUT2D eigenvalue weighted by Gasteiger charge is -2.08. The fourth-order valence-electron chi connectivity index (χ4n) is 1.49. The van der Waals surface area contributed by atoms with Crippen LogP contribution in [0, 0.1) is 6.92 Å². The summed E-state index contributed by atoms with van der Waals surface area (Å²) in [6, 6.07) is 8.37. The largest absolute Gasteiger partial charge is 0.324 e. The molecule has 0 radical (unpaired) electrons. The van der Waals surface area contributed by atoms with Crippen molar-refractivity contribution >= 4 is 11.8 Å². The number of H-pyrrole nitrogens is 1. The van der Waals surface area contributed by atoms with E-state index in [1.165, 1.54) is 5.56 Å². The molecule has 1 unspecified atom stereocenters. The van der Waals surface area contributed by atoms with Crippen molar-refractivity contribution < 1.29 is 0 Å². The second-order valence-corrected chi connectivity index (χ2v) is 4.93. The van der Waals surface area contributed by atoms with Crippen LogP contribution in [-0.4, -0.2) is 15.2 Å². The molecule has 0 aliphatic rings. The minimum absolute atomic E-state index is 0.125. The van der Waals surface area contributed by atoms with E-state index in [4.69, 9.17) is 5.73 Å². The van der Waals surface area contributed by atoms with Crippen LogP contribution in [0.15, 0.2) is 34.3 Å². The number of hydrogen-bond donors (Lipinski definition) is 2. The normalized spacial score (nSPS) is 12.6. The molecule has 0 spiro atoms. The molecule has 1 aromatic carbocycles. The van der Waals surface area contributed by atoms with Crippen molar-refractivity contribution in [3.05, 3.63) is 35.7 Å². The number of hydrogen-bond acceptors (Lipinski definition) is 4. The molecule has 0 saturated heterocycles. The number of nitrogens with zero attached hydrogens (tertiary/aromatic N) is 2. The van der Waals surface area contributed by atoms with Gasteiger partial charge in [0.15, 0.2) is 0 Å². The van der Waals surface area contributed by atoms with Gasteiger partial charge in [-0.2, -0.15) is 0 Å². The van der Waals surface area contributed by atoms with Crippen LogP contribution in [0.5, 0.6) is 0 Å². The Labute approximate surface area is 105 Å². The lowest BCUT2D eigenvalue weighted by molar-refractivity contribution is 0.698. The van der Waals surface area contributed by atoms with Gasteiger partial charge in [-0.25, -0.2) is 4.98 Å². The summed E-state index contributed by atoms with van der Waals surface area (Å²) in [5, 5.41) is 7.66. The Bertz CT molecular complexity index is 478. The van der Waals surface area contributed by atoms with E-state index in [2.05, 4.69) is 46.4 Å². The first-order valence-corrected chi connectivity index (χ1v) is 6.43. The third-order valence-electron chi connectivity index (χ3n) is 2.53. The number of aromatic nitrogens is 3. The topological polar surface area (TPSA) is 67.6 Å². The number of rotatable bonds is 4. The van der Waals surface area contributed by atoms with Crippen molar-refractivity contribution in [2.24, 2.45) is 5.73 Å². The van der Waals surface area contributed by atoms with Crippen molar-refractivity contribution in [1.29, 1.82) is 0 Å². The van der Waals surface area contributed by atoms with E-state index in [0.717, 1.165) is 22.3 Å². The van der Waals surface area contributed by atoms with E-state index < -0.39 is 0 Å². The van der Waals surface area contributed by atoms with E-state index in [1.807, 2.05) is 6.92 Å². The number of nitrogens with one attached hydrogen (secondary N) is 1. The fraction of sp³-hybridized carbons (Fsp3) is 0.333. The van der Waals surface area contributed by atoms with Gasteiger partial charge in [-0.1, -0.05) is 19.1 Å². The van der Waals surface area contributed by atoms with Crippen LogP contribution in [0.25, 0.3) is 0 Å². The highest BCUT2D eigenvalue weighted by atomic mass is 32.2. The summed E-state index contributed by atoms with van der Waals surface area (Å²) in [6.07, 6.45) is 0.951. The van der Waals surface area contributed by atoms with E-state index in [0.29, 0.717) is 0 Å². The summed E-state index contributed by atoms with van der Waals surface area (Å²) in [7, 11) is 0. The van der Waals surface area contributed by atoms with Crippen LogP contribution >= 0.6 is 11.8 Å². The summed E-state index contributed by atoms with van der Waals surface area (Å²) >= 11 is 1.54. The van der Waals surface area contributed by atoms with Crippen LogP contribution in [0.3, 0.4) is 0 Å². The van der Waals surface area contributed by atoms with E-state index in [1.54, 1.807) is 11.8 Å². The van der Waals surface area contributed by atoms with Crippen LogP contribution < -0.4 is 5.73 Å². The first kappa shape index (κ1) is 12.1. The number of aromatic amines is 1. The molecule has 1 atom stereocenters. The Kier molecular flexibility index (Phi) is 3.81. The van der Waals surface area contributed by atoms with Gasteiger partial charge in [-0.3, -0.25) is 5.10 Å². The zero-order chi connectivity index (χ0) is 12.3. The number of benzene rings is 1. The Balaban J connectivity index is 2.08. The molecule has 0 aliphatic heterocycles. The molecule has 2 aromatic rings. The molecule has 5 heteroatoms. The minimum Gasteiger partial charge on any atom is -0.324 e. The molecule has 17 heavy (non-hydrogen) atoms. The van der Waals surface area contributed by atoms with Crippen LogP contribution in [0.2, 0.25) is 0 Å². The van der Waals surface area contributed by atoms with Gasteiger partial charge in [0.1, 0.15) is 5.82 Å². The van der Waals surface area contributed by atoms with Gasteiger partial charge in [-0.05, 0) is 42.8 Å². The third-order valence-corrected chi connectivity index (χ3v) is 3.41. The van der Waals surface area contributed by atoms with Gasteiger partial charge in [0.2, 0.25) is 5.16 Å². The smallest absolute Gasteiger partial charge is 0.213 e. The van der Waals surface area contributed by atoms with E-state index >= 15 is 0 Å². The summed E-state index contributed by atoms with van der Waals surface area (Å²) < 4.78 is 0. The Morgan fingerprint density at radius 1 is 1.35 bits per heavy atom. The van der Waals surface area contributed by atoms with Crippen molar-refractivity contribution in [3.63, 3.8) is 0 Å². The number of nitrogens with two attached hydrogens (primary N) is 1. The standard InChI is InChI=1S/C12H16N4S/c1-3-11(13)9-4-6-10(7-5-9)17-12-14-8(2)15-16-12/h4-7,11H,3,13H2,1-2H3,(H,14,15,16). The SMILES string of the molecule is CCC(N)c1ccc(Sc2n[nH]c(C)n2)cc1. The molecule has 0 saturated carbocycles. The molecule has 0 fully saturated rings. The molecule has 0 aliphatic carbocycles.